The molecule has 2 aromatic rings. The Morgan fingerprint density at radius 2 is 1.58 bits per heavy atom. The Bertz CT molecular complexity index is 901. The van der Waals surface area contributed by atoms with Crippen LogP contribution in [0, 0.1) is 11.8 Å². The van der Waals surface area contributed by atoms with Gasteiger partial charge < -0.3 is 10.2 Å². The summed E-state index contributed by atoms with van der Waals surface area (Å²) in [6.07, 6.45) is 4.99. The summed E-state index contributed by atoms with van der Waals surface area (Å²) < 4.78 is 0. The van der Waals surface area contributed by atoms with E-state index in [1.807, 2.05) is 36.4 Å². The van der Waals surface area contributed by atoms with E-state index in [4.69, 9.17) is 0 Å². The number of carbonyl (C=O) groups excluding carboxylic acids is 2. The lowest BCUT2D eigenvalue weighted by Crippen LogP contribution is -2.61. The van der Waals surface area contributed by atoms with E-state index in [9.17, 15) is 9.59 Å². The van der Waals surface area contributed by atoms with Crippen LogP contribution in [0.1, 0.15) is 46.1 Å². The van der Waals surface area contributed by atoms with Crippen LogP contribution in [0.2, 0.25) is 0 Å². The fourth-order valence-electron chi connectivity index (χ4n) is 4.16. The third-order valence-corrected chi connectivity index (χ3v) is 5.61. The molecule has 3 rings (SSSR count). The van der Waals surface area contributed by atoms with Gasteiger partial charge in [0.05, 0.1) is 0 Å². The normalized spacial score (nSPS) is 19.3. The van der Waals surface area contributed by atoms with E-state index in [0.717, 1.165) is 17.5 Å². The summed E-state index contributed by atoms with van der Waals surface area (Å²) in [5.41, 5.74) is 3.28. The van der Waals surface area contributed by atoms with Gasteiger partial charge in [0, 0.05) is 18.7 Å². The van der Waals surface area contributed by atoms with Crippen LogP contribution in [-0.4, -0.2) is 35.3 Å². The number of nitrogens with zero attached hydrogens (tertiary/aromatic N) is 1. The van der Waals surface area contributed by atoms with E-state index in [-0.39, 0.29) is 17.9 Å². The molecule has 0 radical (unpaired) electrons. The highest BCUT2D eigenvalue weighted by Crippen LogP contribution is 2.22. The molecular weight excluding hydrogens is 384 g/mol. The molecule has 164 valence electrons. The molecule has 4 heteroatoms. The van der Waals surface area contributed by atoms with Gasteiger partial charge in [0.15, 0.2) is 0 Å². The minimum atomic E-state index is -0.402. The first-order valence-corrected chi connectivity index (χ1v) is 11.3. The number of nitrogens with one attached hydrogen (secondary N) is 1. The van der Waals surface area contributed by atoms with Gasteiger partial charge in [-0.05, 0) is 47.4 Å². The van der Waals surface area contributed by atoms with Crippen molar-refractivity contribution in [1.29, 1.82) is 0 Å². The first-order valence-electron chi connectivity index (χ1n) is 11.3. The third kappa shape index (κ3) is 6.30. The van der Waals surface area contributed by atoms with Gasteiger partial charge in [0.2, 0.25) is 11.8 Å². The molecule has 0 aliphatic carbocycles. The molecule has 1 fully saturated rings. The van der Waals surface area contributed by atoms with Crippen LogP contribution in [0.3, 0.4) is 0 Å². The maximum atomic E-state index is 13.1. The first-order chi connectivity index (χ1) is 14.8. The molecular formula is C27H34N2O2. The summed E-state index contributed by atoms with van der Waals surface area (Å²) in [6, 6.07) is 18.0. The first kappa shape index (κ1) is 22.8. The van der Waals surface area contributed by atoms with E-state index >= 15 is 0 Å². The van der Waals surface area contributed by atoms with Crippen LogP contribution in [0.15, 0.2) is 60.7 Å². The van der Waals surface area contributed by atoms with Crippen LogP contribution in [0.25, 0.3) is 17.2 Å². The van der Waals surface area contributed by atoms with Crippen molar-refractivity contribution >= 4 is 17.9 Å². The van der Waals surface area contributed by atoms with Gasteiger partial charge in [-0.25, -0.2) is 0 Å². The van der Waals surface area contributed by atoms with Crippen molar-refractivity contribution in [2.75, 3.05) is 6.54 Å². The Morgan fingerprint density at radius 3 is 2.19 bits per heavy atom. The summed E-state index contributed by atoms with van der Waals surface area (Å²) in [6.45, 7) is 9.01. The lowest BCUT2D eigenvalue weighted by Gasteiger charge is -2.40. The van der Waals surface area contributed by atoms with Gasteiger partial charge in [0.1, 0.15) is 6.04 Å². The Balaban J connectivity index is 1.73. The minimum absolute atomic E-state index is 0.0124. The Kier molecular flexibility index (Phi) is 7.67. The van der Waals surface area contributed by atoms with E-state index in [1.165, 1.54) is 5.56 Å². The van der Waals surface area contributed by atoms with Crippen LogP contribution < -0.4 is 5.32 Å². The topological polar surface area (TPSA) is 49.4 Å². The van der Waals surface area contributed by atoms with Gasteiger partial charge >= 0.3 is 0 Å². The highest BCUT2D eigenvalue weighted by Gasteiger charge is 2.36. The molecule has 0 spiro atoms. The van der Waals surface area contributed by atoms with Gasteiger partial charge in [-0.1, -0.05) is 82.3 Å². The molecule has 0 bridgehead atoms. The van der Waals surface area contributed by atoms with E-state index in [2.05, 4.69) is 57.3 Å². The van der Waals surface area contributed by atoms with Gasteiger partial charge in [0.25, 0.3) is 0 Å². The molecule has 1 saturated heterocycles. The van der Waals surface area contributed by atoms with Crippen molar-refractivity contribution in [3.63, 3.8) is 0 Å². The fraction of sp³-hybridized carbons (Fsp3) is 0.407. The lowest BCUT2D eigenvalue weighted by molar-refractivity contribution is -0.142. The molecule has 1 N–H and O–H groups in total. The molecule has 4 nitrogen and oxygen atoms in total. The van der Waals surface area contributed by atoms with Crippen molar-refractivity contribution in [1.82, 2.24) is 10.2 Å². The molecule has 2 atom stereocenters. The van der Waals surface area contributed by atoms with E-state index < -0.39 is 6.04 Å². The zero-order chi connectivity index (χ0) is 22.4. The molecule has 1 heterocycles. The highest BCUT2D eigenvalue weighted by atomic mass is 16.2. The molecule has 2 aromatic carbocycles. The molecule has 0 saturated carbocycles. The Morgan fingerprint density at radius 1 is 0.968 bits per heavy atom. The van der Waals surface area contributed by atoms with E-state index in [1.54, 1.807) is 11.0 Å². The maximum Gasteiger partial charge on any atom is 0.247 e. The predicted octanol–water partition coefficient (Wildman–Crippen LogP) is 5.15. The van der Waals surface area contributed by atoms with Crippen molar-refractivity contribution in [2.45, 2.75) is 52.6 Å². The second-order valence-corrected chi connectivity index (χ2v) is 9.29. The second-order valence-electron chi connectivity index (χ2n) is 9.29. The van der Waals surface area contributed by atoms with E-state index in [0.29, 0.717) is 24.8 Å². The van der Waals surface area contributed by atoms with Crippen LogP contribution in [0.5, 0.6) is 0 Å². The number of benzene rings is 2. The summed E-state index contributed by atoms with van der Waals surface area (Å²) in [4.78, 5) is 27.6. The van der Waals surface area contributed by atoms with Crippen LogP contribution in [-0.2, 0) is 9.59 Å². The molecule has 1 aliphatic heterocycles. The zero-order valence-electron chi connectivity index (χ0n) is 19.0. The number of hydrogen-bond donors (Lipinski definition) is 1. The predicted molar refractivity (Wildman–Crippen MR) is 127 cm³/mol. The van der Waals surface area contributed by atoms with Crippen LogP contribution in [0.4, 0.5) is 0 Å². The molecule has 2 unspecified atom stereocenters. The number of hydrogen-bond acceptors (Lipinski definition) is 2. The quantitative estimate of drug-likeness (QED) is 0.632. The number of amides is 2. The number of piperazine rings is 1. The summed E-state index contributed by atoms with van der Waals surface area (Å²) in [5, 5.41) is 3.13. The second kappa shape index (κ2) is 10.4. The average Bonchev–Trinajstić information content (AvgIpc) is 2.74. The smallest absolute Gasteiger partial charge is 0.247 e. The summed E-state index contributed by atoms with van der Waals surface area (Å²) in [5.74, 6) is 0.672. The van der Waals surface area contributed by atoms with Crippen molar-refractivity contribution < 1.29 is 9.59 Å². The molecule has 1 aliphatic rings. The average molecular weight is 419 g/mol. The van der Waals surface area contributed by atoms with Gasteiger partial charge in [-0.3, -0.25) is 9.59 Å². The molecule has 2 amide bonds. The monoisotopic (exact) mass is 418 g/mol. The molecule has 31 heavy (non-hydrogen) atoms. The zero-order valence-corrected chi connectivity index (χ0v) is 19.0. The van der Waals surface area contributed by atoms with Crippen molar-refractivity contribution in [3.05, 3.63) is 66.2 Å². The Labute approximate surface area is 186 Å². The van der Waals surface area contributed by atoms with Crippen molar-refractivity contribution in [2.24, 2.45) is 11.8 Å². The lowest BCUT2D eigenvalue weighted by atomic mass is 9.95. The fourth-order valence-corrected chi connectivity index (χ4v) is 4.16. The maximum absolute atomic E-state index is 13.1. The Hall–Kier alpha value is -2.88. The van der Waals surface area contributed by atoms with Gasteiger partial charge in [-0.2, -0.15) is 0 Å². The molecule has 0 aromatic heterocycles. The number of carbonyl (C=O) groups is 2. The summed E-state index contributed by atoms with van der Waals surface area (Å²) in [7, 11) is 0. The van der Waals surface area contributed by atoms with Gasteiger partial charge in [-0.15, -0.1) is 0 Å². The largest absolute Gasteiger partial charge is 0.350 e. The third-order valence-electron chi connectivity index (χ3n) is 5.61. The summed E-state index contributed by atoms with van der Waals surface area (Å²) >= 11 is 0. The highest BCUT2D eigenvalue weighted by molar-refractivity contribution is 5.96. The standard InChI is InChI=1S/C27H34N2O2/c1-19(2)16-24-18-29(25(17-20(3)4)27(31)28-24)26(30)15-12-21-10-13-23(14-11-21)22-8-6-5-7-9-22/h5-15,19-20,24-25H,16-18H2,1-4H3,(H,28,31)/b15-12+. The SMILES string of the molecule is CC(C)CC1CN(C(=O)/C=C/c2ccc(-c3ccccc3)cc2)C(CC(C)C)C(=O)N1. The number of rotatable bonds is 7. The minimum Gasteiger partial charge on any atom is -0.350 e. The van der Waals surface area contributed by atoms with Crippen LogP contribution >= 0.6 is 0 Å². The van der Waals surface area contributed by atoms with Crippen molar-refractivity contribution in [3.8, 4) is 11.1 Å².